The average molecular weight is 91.1 g/mol. The fourth-order valence-corrected chi connectivity index (χ4v) is 0. The maximum atomic E-state index is 8.25. The van der Waals surface area contributed by atoms with Crippen LogP contribution in [0, 0.1) is 0 Å². The fourth-order valence-electron chi connectivity index (χ4n) is 0. The Kier molecular flexibility index (Phi) is 31.9. The molecule has 1 N–H and O–H groups in total. The summed E-state index contributed by atoms with van der Waals surface area (Å²) in [6.45, 7) is 2.25. The third-order valence-electron chi connectivity index (χ3n) is 0.224. The predicted molar refractivity (Wildman–Crippen MR) is 24.0 cm³/mol. The number of aliphatic hydroxyl groups is 1. The summed E-state index contributed by atoms with van der Waals surface area (Å²) >= 11 is 0. The van der Waals surface area contributed by atoms with Crippen LogP contribution in [0.3, 0.4) is 0 Å². The Hall–Kier alpha value is -0.0800. The standard InChI is InChI=1S/C3H8O.CH3O/c1-2-3-4;1-2/h4H,2-3H2,1H3;1H3. The van der Waals surface area contributed by atoms with Gasteiger partial charge in [0.05, 0.1) is 7.11 Å². The zero-order chi connectivity index (χ0) is 5.41. The molecule has 0 aliphatic carbocycles. The van der Waals surface area contributed by atoms with Crippen LogP contribution in [0.4, 0.5) is 0 Å². The molecule has 2 nitrogen and oxygen atoms in total. The summed E-state index contributed by atoms with van der Waals surface area (Å²) in [7, 11) is 0.750. The van der Waals surface area contributed by atoms with E-state index in [0.717, 1.165) is 13.5 Å². The summed E-state index contributed by atoms with van der Waals surface area (Å²) in [5.74, 6) is 0. The van der Waals surface area contributed by atoms with Gasteiger partial charge in [-0.15, -0.1) is 0 Å². The second kappa shape index (κ2) is 20.5. The summed E-state index contributed by atoms with van der Waals surface area (Å²) in [4.78, 5) is 0. The molecular weight excluding hydrogens is 80.0 g/mol. The quantitative estimate of drug-likeness (QED) is 0.499. The normalized spacial score (nSPS) is 6.00. The van der Waals surface area contributed by atoms with Gasteiger partial charge in [-0.2, -0.15) is 0 Å². The highest BCUT2D eigenvalue weighted by Crippen LogP contribution is 1.61. The van der Waals surface area contributed by atoms with Crippen molar-refractivity contribution in [2.24, 2.45) is 0 Å². The molecule has 2 heteroatoms. The number of hydrogen-bond acceptors (Lipinski definition) is 1. The highest BCUT2D eigenvalue weighted by Gasteiger charge is 1.57. The summed E-state index contributed by atoms with van der Waals surface area (Å²) in [6.07, 6.45) is 0.875. The molecule has 0 amide bonds. The van der Waals surface area contributed by atoms with Crippen molar-refractivity contribution in [1.82, 2.24) is 0 Å². The highest BCUT2D eigenvalue weighted by atomic mass is 16.3. The van der Waals surface area contributed by atoms with Gasteiger partial charge in [-0.05, 0) is 6.42 Å². The Balaban J connectivity index is 0. The first kappa shape index (κ1) is 9.33. The van der Waals surface area contributed by atoms with E-state index in [1.165, 1.54) is 0 Å². The van der Waals surface area contributed by atoms with Crippen molar-refractivity contribution in [2.45, 2.75) is 13.3 Å². The van der Waals surface area contributed by atoms with E-state index in [9.17, 15) is 0 Å². The zero-order valence-electron chi connectivity index (χ0n) is 4.27. The van der Waals surface area contributed by atoms with Gasteiger partial charge in [-0.25, -0.2) is 5.11 Å². The second-order valence-electron chi connectivity index (χ2n) is 0.724. The van der Waals surface area contributed by atoms with Crippen LogP contribution in [-0.2, 0) is 5.11 Å². The smallest absolute Gasteiger partial charge is 0.0712 e. The van der Waals surface area contributed by atoms with E-state index in [1.54, 1.807) is 0 Å². The lowest BCUT2D eigenvalue weighted by Crippen LogP contribution is -1.69. The molecule has 39 valence electrons. The van der Waals surface area contributed by atoms with Crippen LogP contribution < -0.4 is 0 Å². The Morgan fingerprint density at radius 3 is 1.67 bits per heavy atom. The SMILES string of the molecule is CCCO.C[O]. The van der Waals surface area contributed by atoms with Gasteiger partial charge in [0, 0.05) is 6.61 Å². The molecule has 0 aromatic carbocycles. The third kappa shape index (κ3) is 39.5. The van der Waals surface area contributed by atoms with Gasteiger partial charge in [0.2, 0.25) is 0 Å². The molecule has 0 heterocycles. The lowest BCUT2D eigenvalue weighted by molar-refractivity contribution is 0.282. The topological polar surface area (TPSA) is 40.1 Å². The summed E-state index contributed by atoms with van der Waals surface area (Å²) in [5, 5.41) is 16.1. The van der Waals surface area contributed by atoms with E-state index >= 15 is 0 Å². The molecule has 0 spiro atoms. The molecule has 0 saturated heterocycles. The van der Waals surface area contributed by atoms with Crippen molar-refractivity contribution in [3.8, 4) is 0 Å². The van der Waals surface area contributed by atoms with E-state index in [2.05, 4.69) is 0 Å². The minimum absolute atomic E-state index is 0.319. The fraction of sp³-hybridized carbons (Fsp3) is 1.00. The van der Waals surface area contributed by atoms with E-state index in [1.807, 2.05) is 6.92 Å². The van der Waals surface area contributed by atoms with Gasteiger partial charge < -0.3 is 5.11 Å². The summed E-state index contributed by atoms with van der Waals surface area (Å²) in [6, 6.07) is 0. The molecule has 0 aromatic rings. The molecule has 0 aliphatic rings. The van der Waals surface area contributed by atoms with Crippen LogP contribution in [-0.4, -0.2) is 18.8 Å². The van der Waals surface area contributed by atoms with E-state index in [-0.39, 0.29) is 0 Å². The van der Waals surface area contributed by atoms with Crippen LogP contribution in [0.25, 0.3) is 0 Å². The highest BCUT2D eigenvalue weighted by molar-refractivity contribution is 4.10. The molecule has 0 aromatic heterocycles. The van der Waals surface area contributed by atoms with Crippen molar-refractivity contribution in [3.05, 3.63) is 0 Å². The van der Waals surface area contributed by atoms with Crippen LogP contribution in [0.5, 0.6) is 0 Å². The minimum atomic E-state index is 0.319. The molecule has 0 bridgehead atoms. The zero-order valence-corrected chi connectivity index (χ0v) is 4.27. The van der Waals surface area contributed by atoms with Crippen molar-refractivity contribution >= 4 is 0 Å². The monoisotopic (exact) mass is 91.1 g/mol. The first-order valence-corrected chi connectivity index (χ1v) is 1.93. The Morgan fingerprint density at radius 2 is 1.67 bits per heavy atom. The molecule has 0 rings (SSSR count). The van der Waals surface area contributed by atoms with Gasteiger partial charge in [-0.3, -0.25) is 0 Å². The van der Waals surface area contributed by atoms with E-state index in [0.29, 0.717) is 6.61 Å². The van der Waals surface area contributed by atoms with Gasteiger partial charge in [0.15, 0.2) is 0 Å². The largest absolute Gasteiger partial charge is 0.396 e. The Bertz CT molecular complexity index is 7.51. The first-order chi connectivity index (χ1) is 2.91. The van der Waals surface area contributed by atoms with Crippen molar-refractivity contribution in [1.29, 1.82) is 0 Å². The molecule has 0 atom stereocenters. The molecule has 0 saturated carbocycles. The average Bonchev–Trinajstić information content (AvgIpc) is 1.72. The maximum absolute atomic E-state index is 8.25. The van der Waals surface area contributed by atoms with E-state index < -0.39 is 0 Å². The third-order valence-corrected chi connectivity index (χ3v) is 0.224. The Morgan fingerprint density at radius 1 is 1.50 bits per heavy atom. The molecule has 0 aliphatic heterocycles. The second-order valence-corrected chi connectivity index (χ2v) is 0.724. The molecule has 1 radical (unpaired) electrons. The minimum Gasteiger partial charge on any atom is -0.396 e. The van der Waals surface area contributed by atoms with Crippen LogP contribution in [0.15, 0.2) is 0 Å². The lowest BCUT2D eigenvalue weighted by atomic mass is 10.5. The van der Waals surface area contributed by atoms with E-state index in [4.69, 9.17) is 10.2 Å². The molecular formula is C4H11O2. The summed E-state index contributed by atoms with van der Waals surface area (Å²) in [5.41, 5.74) is 0. The summed E-state index contributed by atoms with van der Waals surface area (Å²) < 4.78 is 0. The molecule has 0 unspecified atom stereocenters. The van der Waals surface area contributed by atoms with Gasteiger partial charge in [-0.1, -0.05) is 6.92 Å². The van der Waals surface area contributed by atoms with Crippen LogP contribution in [0.2, 0.25) is 0 Å². The predicted octanol–water partition coefficient (Wildman–Crippen LogP) is 0.435. The van der Waals surface area contributed by atoms with Gasteiger partial charge in [0.1, 0.15) is 0 Å². The van der Waals surface area contributed by atoms with Crippen molar-refractivity contribution < 1.29 is 10.2 Å². The Labute approximate surface area is 38.4 Å². The van der Waals surface area contributed by atoms with Gasteiger partial charge >= 0.3 is 0 Å². The molecule has 6 heavy (non-hydrogen) atoms. The number of rotatable bonds is 1. The number of hydrogen-bond donors (Lipinski definition) is 1. The van der Waals surface area contributed by atoms with Gasteiger partial charge in [0.25, 0.3) is 0 Å². The first-order valence-electron chi connectivity index (χ1n) is 1.93. The maximum Gasteiger partial charge on any atom is 0.0712 e. The molecule has 0 fully saturated rings. The van der Waals surface area contributed by atoms with Crippen LogP contribution in [0.1, 0.15) is 13.3 Å². The van der Waals surface area contributed by atoms with Crippen molar-refractivity contribution in [3.63, 3.8) is 0 Å². The lowest BCUT2D eigenvalue weighted by Gasteiger charge is -1.69. The van der Waals surface area contributed by atoms with Crippen LogP contribution >= 0.6 is 0 Å². The van der Waals surface area contributed by atoms with Crippen molar-refractivity contribution in [2.75, 3.05) is 13.7 Å². The number of aliphatic hydroxyl groups excluding tert-OH is 1.